The van der Waals surface area contributed by atoms with Gasteiger partial charge in [0.25, 0.3) is 11.1 Å². The van der Waals surface area contributed by atoms with Crippen LogP contribution in [-0.2, 0) is 11.3 Å². The van der Waals surface area contributed by atoms with Crippen LogP contribution in [0.3, 0.4) is 0 Å². The van der Waals surface area contributed by atoms with Gasteiger partial charge in [0.15, 0.2) is 0 Å². The summed E-state index contributed by atoms with van der Waals surface area (Å²) in [6.07, 6.45) is 1.58. The van der Waals surface area contributed by atoms with Crippen LogP contribution >= 0.6 is 35.0 Å². The lowest BCUT2D eigenvalue weighted by molar-refractivity contribution is -0.123. The second-order valence-corrected chi connectivity index (χ2v) is 9.11. The average Bonchev–Trinajstić information content (AvgIpc) is 3.35. The monoisotopic (exact) mass is 479 g/mol. The fourth-order valence-electron chi connectivity index (χ4n) is 3.55. The van der Waals surface area contributed by atoms with Gasteiger partial charge in [-0.05, 0) is 64.5 Å². The summed E-state index contributed by atoms with van der Waals surface area (Å²) in [6.45, 7) is 0.217. The maximum atomic E-state index is 12.9. The van der Waals surface area contributed by atoms with E-state index in [0.29, 0.717) is 32.0 Å². The molecule has 0 bridgehead atoms. The molecule has 0 spiro atoms. The number of halogens is 2. The van der Waals surface area contributed by atoms with Gasteiger partial charge in [-0.15, -0.1) is 0 Å². The first-order valence-corrected chi connectivity index (χ1v) is 11.3. The largest absolute Gasteiger partial charge is 0.457 e. The van der Waals surface area contributed by atoms with E-state index in [0.717, 1.165) is 28.1 Å². The van der Waals surface area contributed by atoms with Gasteiger partial charge in [-0.3, -0.25) is 14.5 Å². The lowest BCUT2D eigenvalue weighted by Crippen LogP contribution is -2.27. The Hall–Kier alpha value is -2.99. The summed E-state index contributed by atoms with van der Waals surface area (Å²) in [7, 11) is 0. The number of furan rings is 1. The molecule has 0 saturated carbocycles. The van der Waals surface area contributed by atoms with Crippen LogP contribution in [-0.4, -0.2) is 16.0 Å². The first-order valence-electron chi connectivity index (χ1n) is 9.76. The Morgan fingerprint density at radius 1 is 0.906 bits per heavy atom. The van der Waals surface area contributed by atoms with Crippen molar-refractivity contribution in [1.29, 1.82) is 0 Å². The molecule has 4 nitrogen and oxygen atoms in total. The summed E-state index contributed by atoms with van der Waals surface area (Å²) < 4.78 is 5.84. The summed E-state index contributed by atoms with van der Waals surface area (Å²) >= 11 is 13.2. The van der Waals surface area contributed by atoms with E-state index in [1.165, 1.54) is 4.90 Å². The van der Waals surface area contributed by atoms with Crippen molar-refractivity contribution in [3.05, 3.63) is 99.1 Å². The molecule has 1 aliphatic heterocycles. The Morgan fingerprint density at radius 2 is 1.72 bits per heavy atom. The molecule has 158 valence electrons. The Balaban J connectivity index is 1.37. The third kappa shape index (κ3) is 4.07. The number of benzene rings is 3. The van der Waals surface area contributed by atoms with Gasteiger partial charge in [0.2, 0.25) is 0 Å². The van der Waals surface area contributed by atoms with E-state index in [9.17, 15) is 9.59 Å². The molecule has 2 heterocycles. The molecule has 1 aromatic heterocycles. The maximum absolute atomic E-state index is 12.9. The number of carbonyl (C=O) groups is 2. The quantitative estimate of drug-likeness (QED) is 0.282. The van der Waals surface area contributed by atoms with E-state index >= 15 is 0 Å². The SMILES string of the molecule is O=C1S/C(=C\c2ccc(-c3cc(Cl)ccc3Cl)o2)C(=O)N1Cc1ccc2ccccc2c1. The number of carbonyl (C=O) groups excluding carboxylic acids is 2. The molecule has 2 amide bonds. The number of fused-ring (bicyclic) bond motifs is 1. The summed E-state index contributed by atoms with van der Waals surface area (Å²) in [5.74, 6) is 0.637. The molecule has 0 N–H and O–H groups in total. The zero-order valence-electron chi connectivity index (χ0n) is 16.5. The molecule has 1 saturated heterocycles. The van der Waals surface area contributed by atoms with Gasteiger partial charge >= 0.3 is 0 Å². The van der Waals surface area contributed by atoms with Crippen LogP contribution in [0.1, 0.15) is 11.3 Å². The van der Waals surface area contributed by atoms with E-state index in [4.69, 9.17) is 27.6 Å². The molecular formula is C25H15Cl2NO3S. The standard InChI is InChI=1S/C25H15Cl2NO3S/c26-18-7-9-21(27)20(12-18)22-10-8-19(31-22)13-23-24(29)28(25(30)32-23)14-15-5-6-16-3-1-2-4-17(16)11-15/h1-13H,14H2/b23-13-. The van der Waals surface area contributed by atoms with Crippen LogP contribution in [0.4, 0.5) is 4.79 Å². The first-order chi connectivity index (χ1) is 15.5. The normalized spacial score (nSPS) is 15.3. The van der Waals surface area contributed by atoms with Crippen molar-refractivity contribution in [3.63, 3.8) is 0 Å². The van der Waals surface area contributed by atoms with Crippen LogP contribution in [0.2, 0.25) is 10.0 Å². The number of amides is 2. The van der Waals surface area contributed by atoms with Crippen LogP contribution in [0, 0.1) is 0 Å². The smallest absolute Gasteiger partial charge is 0.293 e. The van der Waals surface area contributed by atoms with Gasteiger partial charge in [0.05, 0.1) is 16.5 Å². The van der Waals surface area contributed by atoms with Crippen molar-refractivity contribution in [3.8, 4) is 11.3 Å². The first kappa shape index (κ1) is 20.9. The molecule has 32 heavy (non-hydrogen) atoms. The van der Waals surface area contributed by atoms with Crippen LogP contribution in [0.15, 0.2) is 82.1 Å². The second-order valence-electron chi connectivity index (χ2n) is 7.28. The van der Waals surface area contributed by atoms with Gasteiger partial charge in [0, 0.05) is 16.7 Å². The van der Waals surface area contributed by atoms with Crippen LogP contribution in [0.5, 0.6) is 0 Å². The number of rotatable bonds is 4. The fraction of sp³-hybridized carbons (Fsp3) is 0.0400. The molecule has 0 atom stereocenters. The Kier molecular flexibility index (Phi) is 5.55. The van der Waals surface area contributed by atoms with Crippen molar-refractivity contribution < 1.29 is 14.0 Å². The summed E-state index contributed by atoms with van der Waals surface area (Å²) in [4.78, 5) is 27.0. The number of nitrogens with zero attached hydrogens (tertiary/aromatic N) is 1. The minimum absolute atomic E-state index is 0.217. The van der Waals surface area contributed by atoms with E-state index in [-0.39, 0.29) is 17.7 Å². The van der Waals surface area contributed by atoms with Gasteiger partial charge in [-0.2, -0.15) is 0 Å². The van der Waals surface area contributed by atoms with Gasteiger partial charge in [-0.25, -0.2) is 0 Å². The number of thioether (sulfide) groups is 1. The Bertz CT molecular complexity index is 1410. The minimum Gasteiger partial charge on any atom is -0.457 e. The van der Waals surface area contributed by atoms with E-state index < -0.39 is 0 Å². The third-order valence-corrected chi connectivity index (χ3v) is 6.59. The van der Waals surface area contributed by atoms with Crippen molar-refractivity contribution >= 4 is 63.0 Å². The van der Waals surface area contributed by atoms with Gasteiger partial charge in [-0.1, -0.05) is 59.6 Å². The minimum atomic E-state index is -0.341. The third-order valence-electron chi connectivity index (χ3n) is 5.12. The summed E-state index contributed by atoms with van der Waals surface area (Å²) in [5, 5.41) is 2.91. The van der Waals surface area contributed by atoms with Crippen molar-refractivity contribution in [2.75, 3.05) is 0 Å². The van der Waals surface area contributed by atoms with Crippen molar-refractivity contribution in [2.45, 2.75) is 6.54 Å². The van der Waals surface area contributed by atoms with Crippen LogP contribution in [0.25, 0.3) is 28.2 Å². The van der Waals surface area contributed by atoms with Gasteiger partial charge < -0.3 is 4.42 Å². The van der Waals surface area contributed by atoms with Crippen molar-refractivity contribution in [2.24, 2.45) is 0 Å². The fourth-order valence-corrected chi connectivity index (χ4v) is 4.75. The predicted octanol–water partition coefficient (Wildman–Crippen LogP) is 7.64. The Morgan fingerprint density at radius 3 is 2.56 bits per heavy atom. The van der Waals surface area contributed by atoms with E-state index in [1.807, 2.05) is 42.5 Å². The highest BCUT2D eigenvalue weighted by Gasteiger charge is 2.35. The Labute approximate surface area is 198 Å². The highest BCUT2D eigenvalue weighted by atomic mass is 35.5. The molecule has 5 rings (SSSR count). The molecule has 7 heteroatoms. The lowest BCUT2D eigenvalue weighted by Gasteiger charge is -2.13. The average molecular weight is 480 g/mol. The summed E-state index contributed by atoms with van der Waals surface area (Å²) in [6, 6.07) is 22.5. The lowest BCUT2D eigenvalue weighted by atomic mass is 10.1. The van der Waals surface area contributed by atoms with Crippen LogP contribution < -0.4 is 0 Å². The highest BCUT2D eigenvalue weighted by Crippen LogP contribution is 2.36. The number of hydrogen-bond acceptors (Lipinski definition) is 4. The number of imide groups is 1. The van der Waals surface area contributed by atoms with Crippen molar-refractivity contribution in [1.82, 2.24) is 4.90 Å². The molecular weight excluding hydrogens is 465 g/mol. The predicted molar refractivity (Wildman–Crippen MR) is 130 cm³/mol. The molecule has 3 aromatic carbocycles. The molecule has 0 radical (unpaired) electrons. The molecule has 0 aliphatic carbocycles. The molecule has 4 aromatic rings. The zero-order chi connectivity index (χ0) is 22.2. The van der Waals surface area contributed by atoms with E-state index in [1.54, 1.807) is 36.4 Å². The molecule has 0 unspecified atom stereocenters. The highest BCUT2D eigenvalue weighted by molar-refractivity contribution is 8.18. The van der Waals surface area contributed by atoms with Gasteiger partial charge in [0.1, 0.15) is 11.5 Å². The summed E-state index contributed by atoms with van der Waals surface area (Å²) in [5.41, 5.74) is 1.55. The maximum Gasteiger partial charge on any atom is 0.293 e. The number of hydrogen-bond donors (Lipinski definition) is 0. The second kappa shape index (κ2) is 8.51. The molecule has 1 aliphatic rings. The topological polar surface area (TPSA) is 50.5 Å². The zero-order valence-corrected chi connectivity index (χ0v) is 18.9. The van der Waals surface area contributed by atoms with E-state index in [2.05, 4.69) is 0 Å². The molecule has 1 fully saturated rings.